The largest absolute Gasteiger partial charge is 0.493 e. The smallest absolute Gasteiger partial charge is 0.256 e. The monoisotopic (exact) mass is 378 g/mol. The predicted molar refractivity (Wildman–Crippen MR) is 93.4 cm³/mol. The summed E-state index contributed by atoms with van der Waals surface area (Å²) in [6, 6.07) is 7.01. The number of aryl methyl sites for hydroxylation is 1. The van der Waals surface area contributed by atoms with Gasteiger partial charge < -0.3 is 14.8 Å². The van der Waals surface area contributed by atoms with Crippen LogP contribution in [0.15, 0.2) is 34.9 Å². The summed E-state index contributed by atoms with van der Waals surface area (Å²) in [7, 11) is 1.55. The van der Waals surface area contributed by atoms with Crippen LogP contribution in [-0.2, 0) is 0 Å². The molecule has 2 rings (SSSR count). The molecular weight excluding hydrogens is 360 g/mol. The van der Waals surface area contributed by atoms with Crippen molar-refractivity contribution in [1.82, 2.24) is 4.98 Å². The minimum atomic E-state index is -0.262. The van der Waals surface area contributed by atoms with Crippen LogP contribution >= 0.6 is 15.9 Å². The molecule has 1 aromatic heterocycles. The lowest BCUT2D eigenvalue weighted by molar-refractivity contribution is 0.102. The van der Waals surface area contributed by atoms with E-state index in [2.05, 4.69) is 26.2 Å². The molecule has 0 saturated carbocycles. The summed E-state index contributed by atoms with van der Waals surface area (Å²) in [5.74, 6) is 1.35. The minimum absolute atomic E-state index is 0.262. The molecular formula is C17H19BrN2O3. The molecule has 0 aliphatic carbocycles. The Kier molecular flexibility index (Phi) is 5.98. The van der Waals surface area contributed by atoms with Crippen molar-refractivity contribution < 1.29 is 14.3 Å². The van der Waals surface area contributed by atoms with Crippen molar-refractivity contribution in [3.05, 3.63) is 46.1 Å². The van der Waals surface area contributed by atoms with Gasteiger partial charge in [-0.25, -0.2) is 4.98 Å². The molecule has 23 heavy (non-hydrogen) atoms. The van der Waals surface area contributed by atoms with Crippen LogP contribution < -0.4 is 14.8 Å². The summed E-state index contributed by atoms with van der Waals surface area (Å²) in [4.78, 5) is 16.5. The normalized spacial score (nSPS) is 10.3. The zero-order valence-corrected chi connectivity index (χ0v) is 14.9. The van der Waals surface area contributed by atoms with Crippen LogP contribution in [0.2, 0.25) is 0 Å². The maximum absolute atomic E-state index is 12.4. The number of nitrogens with zero attached hydrogens (tertiary/aromatic N) is 1. The molecule has 0 fully saturated rings. The second kappa shape index (κ2) is 7.97. The van der Waals surface area contributed by atoms with E-state index in [1.807, 2.05) is 19.9 Å². The Morgan fingerprint density at radius 3 is 2.74 bits per heavy atom. The molecule has 6 heteroatoms. The molecule has 122 valence electrons. The molecule has 1 amide bonds. The first-order valence-corrected chi connectivity index (χ1v) is 8.08. The fraction of sp³-hybridized carbons (Fsp3) is 0.294. The molecule has 2 aromatic rings. The fourth-order valence-corrected chi connectivity index (χ4v) is 2.48. The lowest BCUT2D eigenvalue weighted by Gasteiger charge is -2.14. The first kappa shape index (κ1) is 17.3. The number of pyridine rings is 1. The number of ether oxygens (including phenoxy) is 2. The van der Waals surface area contributed by atoms with E-state index < -0.39 is 0 Å². The molecule has 0 spiro atoms. The van der Waals surface area contributed by atoms with E-state index in [1.165, 1.54) is 0 Å². The summed E-state index contributed by atoms with van der Waals surface area (Å²) in [5, 5.41) is 2.76. The molecule has 1 heterocycles. The second-order valence-electron chi connectivity index (χ2n) is 5.01. The predicted octanol–water partition coefficient (Wildman–Crippen LogP) is 4.20. The Hall–Kier alpha value is -2.08. The SMILES string of the molecule is CCCOc1c(Br)cc(C(=O)Nc2ccc(C)cn2)cc1OC. The summed E-state index contributed by atoms with van der Waals surface area (Å²) in [6.45, 7) is 4.54. The number of aromatic nitrogens is 1. The molecule has 1 aromatic carbocycles. The van der Waals surface area contributed by atoms with Crippen molar-refractivity contribution in [3.63, 3.8) is 0 Å². The highest BCUT2D eigenvalue weighted by atomic mass is 79.9. The molecule has 0 saturated heterocycles. The van der Waals surface area contributed by atoms with E-state index >= 15 is 0 Å². The van der Waals surface area contributed by atoms with Crippen LogP contribution in [0.3, 0.4) is 0 Å². The van der Waals surface area contributed by atoms with Crippen molar-refractivity contribution in [2.45, 2.75) is 20.3 Å². The Bertz CT molecular complexity index is 687. The van der Waals surface area contributed by atoms with E-state index in [0.717, 1.165) is 12.0 Å². The highest BCUT2D eigenvalue weighted by Gasteiger charge is 2.16. The molecule has 0 unspecified atom stereocenters. The van der Waals surface area contributed by atoms with Crippen LogP contribution in [0.1, 0.15) is 29.3 Å². The van der Waals surface area contributed by atoms with Crippen molar-refractivity contribution in [3.8, 4) is 11.5 Å². The summed E-state index contributed by atoms with van der Waals surface area (Å²) >= 11 is 3.43. The standard InChI is InChI=1S/C17H19BrN2O3/c1-4-7-23-16-13(18)8-12(9-14(16)22-3)17(21)20-15-6-5-11(2)10-19-15/h5-6,8-10H,4,7H2,1-3H3,(H,19,20,21). The van der Waals surface area contributed by atoms with Gasteiger partial charge in [0.25, 0.3) is 5.91 Å². The first-order chi connectivity index (χ1) is 11.0. The summed E-state index contributed by atoms with van der Waals surface area (Å²) in [5.41, 5.74) is 1.49. The van der Waals surface area contributed by atoms with Gasteiger partial charge in [0, 0.05) is 11.8 Å². The van der Waals surface area contributed by atoms with Gasteiger partial charge in [-0.3, -0.25) is 4.79 Å². The maximum Gasteiger partial charge on any atom is 0.256 e. The number of rotatable bonds is 6. The van der Waals surface area contributed by atoms with Gasteiger partial charge in [0.05, 0.1) is 18.2 Å². The van der Waals surface area contributed by atoms with Gasteiger partial charge in [-0.2, -0.15) is 0 Å². The third-order valence-corrected chi connectivity index (χ3v) is 3.68. The number of amides is 1. The number of anilines is 1. The topological polar surface area (TPSA) is 60.5 Å². The molecule has 0 radical (unpaired) electrons. The number of hydrogen-bond acceptors (Lipinski definition) is 4. The van der Waals surface area contributed by atoms with Gasteiger partial charge in [0.15, 0.2) is 11.5 Å². The number of benzene rings is 1. The highest BCUT2D eigenvalue weighted by Crippen LogP contribution is 2.36. The van der Waals surface area contributed by atoms with E-state index in [-0.39, 0.29) is 5.91 Å². The molecule has 5 nitrogen and oxygen atoms in total. The average Bonchev–Trinajstić information content (AvgIpc) is 2.55. The molecule has 0 aliphatic heterocycles. The minimum Gasteiger partial charge on any atom is -0.493 e. The third kappa shape index (κ3) is 4.45. The van der Waals surface area contributed by atoms with Crippen molar-refractivity contribution >= 4 is 27.7 Å². The van der Waals surface area contributed by atoms with Gasteiger partial charge in [0.2, 0.25) is 0 Å². The van der Waals surface area contributed by atoms with Gasteiger partial charge >= 0.3 is 0 Å². The van der Waals surface area contributed by atoms with E-state index in [4.69, 9.17) is 9.47 Å². The number of halogens is 1. The quantitative estimate of drug-likeness (QED) is 0.817. The number of carbonyl (C=O) groups excluding carboxylic acids is 1. The third-order valence-electron chi connectivity index (χ3n) is 3.10. The number of hydrogen-bond donors (Lipinski definition) is 1. The first-order valence-electron chi connectivity index (χ1n) is 7.29. The van der Waals surface area contributed by atoms with Gasteiger partial charge in [-0.1, -0.05) is 13.0 Å². The van der Waals surface area contributed by atoms with Crippen LogP contribution in [0.25, 0.3) is 0 Å². The van der Waals surface area contributed by atoms with Crippen molar-refractivity contribution in [2.75, 3.05) is 19.0 Å². The second-order valence-corrected chi connectivity index (χ2v) is 5.87. The number of nitrogens with one attached hydrogen (secondary N) is 1. The Balaban J connectivity index is 2.23. The average molecular weight is 379 g/mol. The lowest BCUT2D eigenvalue weighted by Crippen LogP contribution is -2.13. The zero-order chi connectivity index (χ0) is 16.8. The van der Waals surface area contributed by atoms with Crippen LogP contribution in [-0.4, -0.2) is 24.6 Å². The van der Waals surface area contributed by atoms with Crippen molar-refractivity contribution in [2.24, 2.45) is 0 Å². The fourth-order valence-electron chi connectivity index (χ4n) is 1.93. The lowest BCUT2D eigenvalue weighted by atomic mass is 10.2. The molecule has 0 aliphatic rings. The van der Waals surface area contributed by atoms with Gasteiger partial charge in [-0.15, -0.1) is 0 Å². The molecule has 0 atom stereocenters. The number of carbonyl (C=O) groups is 1. The van der Waals surface area contributed by atoms with Crippen molar-refractivity contribution in [1.29, 1.82) is 0 Å². The Morgan fingerprint density at radius 2 is 2.13 bits per heavy atom. The number of methoxy groups -OCH3 is 1. The van der Waals surface area contributed by atoms with Crippen LogP contribution in [0.4, 0.5) is 5.82 Å². The maximum atomic E-state index is 12.4. The van der Waals surface area contributed by atoms with Gasteiger partial charge in [-0.05, 0) is 53.0 Å². The van der Waals surface area contributed by atoms with Crippen LogP contribution in [0, 0.1) is 6.92 Å². The molecule has 0 bridgehead atoms. The van der Waals surface area contributed by atoms with E-state index in [1.54, 1.807) is 31.5 Å². The highest BCUT2D eigenvalue weighted by molar-refractivity contribution is 9.10. The zero-order valence-electron chi connectivity index (χ0n) is 13.4. The molecule has 1 N–H and O–H groups in total. The van der Waals surface area contributed by atoms with Gasteiger partial charge in [0.1, 0.15) is 5.82 Å². The van der Waals surface area contributed by atoms with Crippen LogP contribution in [0.5, 0.6) is 11.5 Å². The summed E-state index contributed by atoms with van der Waals surface area (Å²) in [6.07, 6.45) is 2.59. The van der Waals surface area contributed by atoms with E-state index in [0.29, 0.717) is 34.0 Å². The Morgan fingerprint density at radius 1 is 1.35 bits per heavy atom. The van der Waals surface area contributed by atoms with E-state index in [9.17, 15) is 4.79 Å². The summed E-state index contributed by atoms with van der Waals surface area (Å²) < 4.78 is 11.7. The Labute approximate surface area is 144 Å².